The number of alkyl halides is 3. The summed E-state index contributed by atoms with van der Waals surface area (Å²) in [5.74, 6) is -1.45. The molecule has 0 saturated heterocycles. The summed E-state index contributed by atoms with van der Waals surface area (Å²) in [4.78, 5) is 26.7. The molecule has 0 spiro atoms. The zero-order valence-corrected chi connectivity index (χ0v) is 21.7. The Morgan fingerprint density at radius 3 is 2.11 bits per heavy atom. The minimum Gasteiger partial charge on any atom is -0.357 e. The van der Waals surface area contributed by atoms with Crippen molar-refractivity contribution in [3.63, 3.8) is 0 Å². The fourth-order valence-corrected chi connectivity index (χ4v) is 4.73. The van der Waals surface area contributed by atoms with Crippen molar-refractivity contribution in [2.45, 2.75) is 25.7 Å². The molecule has 14 heteroatoms. The second kappa shape index (κ2) is 11.2. The first-order valence-corrected chi connectivity index (χ1v) is 12.8. The van der Waals surface area contributed by atoms with E-state index in [1.165, 1.54) is 26.1 Å². The van der Waals surface area contributed by atoms with Crippen LogP contribution in [0.15, 0.2) is 36.4 Å². The molecule has 2 rings (SSSR count). The van der Waals surface area contributed by atoms with Crippen molar-refractivity contribution in [1.82, 2.24) is 10.2 Å². The van der Waals surface area contributed by atoms with Gasteiger partial charge >= 0.3 is 6.18 Å². The molecule has 35 heavy (non-hydrogen) atoms. The van der Waals surface area contributed by atoms with E-state index in [4.69, 9.17) is 34.8 Å². The first kappa shape index (κ1) is 29.0. The number of nitrogens with one attached hydrogen (secondary N) is 1. The van der Waals surface area contributed by atoms with E-state index in [-0.39, 0.29) is 16.6 Å². The molecule has 0 aliphatic carbocycles. The Morgan fingerprint density at radius 1 is 1.06 bits per heavy atom. The quantitative estimate of drug-likeness (QED) is 0.500. The van der Waals surface area contributed by atoms with Crippen LogP contribution in [0.25, 0.3) is 0 Å². The van der Waals surface area contributed by atoms with E-state index >= 15 is 0 Å². The molecule has 0 radical (unpaired) electrons. The van der Waals surface area contributed by atoms with E-state index in [9.17, 15) is 31.2 Å². The molecule has 1 unspecified atom stereocenters. The number of sulfonamides is 1. The van der Waals surface area contributed by atoms with Crippen molar-refractivity contribution in [3.8, 4) is 0 Å². The number of hydrogen-bond donors (Lipinski definition) is 1. The Bertz CT molecular complexity index is 1210. The summed E-state index contributed by atoms with van der Waals surface area (Å²) in [5.41, 5.74) is -1.39. The largest absolute Gasteiger partial charge is 0.417 e. The second-order valence-corrected chi connectivity index (χ2v) is 10.6. The average Bonchev–Trinajstić information content (AvgIpc) is 2.75. The van der Waals surface area contributed by atoms with E-state index in [0.29, 0.717) is 15.9 Å². The normalized spacial score (nSPS) is 12.7. The van der Waals surface area contributed by atoms with Crippen LogP contribution in [0.3, 0.4) is 0 Å². The van der Waals surface area contributed by atoms with Gasteiger partial charge in [-0.25, -0.2) is 8.42 Å². The average molecular weight is 575 g/mol. The van der Waals surface area contributed by atoms with E-state index in [2.05, 4.69) is 5.32 Å². The maximum Gasteiger partial charge on any atom is 0.417 e. The van der Waals surface area contributed by atoms with Gasteiger partial charge in [-0.15, -0.1) is 0 Å². The van der Waals surface area contributed by atoms with Gasteiger partial charge in [0.05, 0.1) is 22.5 Å². The first-order valence-electron chi connectivity index (χ1n) is 9.86. The summed E-state index contributed by atoms with van der Waals surface area (Å²) < 4.78 is 65.5. The molecule has 0 fully saturated rings. The monoisotopic (exact) mass is 573 g/mol. The third kappa shape index (κ3) is 7.16. The molecular weight excluding hydrogens is 554 g/mol. The van der Waals surface area contributed by atoms with Gasteiger partial charge in [0.1, 0.15) is 12.6 Å². The highest BCUT2D eigenvalue weighted by molar-refractivity contribution is 7.92. The fraction of sp³-hybridized carbons (Fsp3) is 0.333. The molecule has 0 heterocycles. The number of nitrogens with zero attached hydrogens (tertiary/aromatic N) is 2. The minimum atomic E-state index is -4.86. The molecule has 7 nitrogen and oxygen atoms in total. The fourth-order valence-electron chi connectivity index (χ4n) is 3.14. The van der Waals surface area contributed by atoms with Crippen molar-refractivity contribution in [2.75, 3.05) is 24.2 Å². The van der Waals surface area contributed by atoms with Crippen LogP contribution in [-0.4, -0.2) is 51.0 Å². The maximum atomic E-state index is 13.3. The number of halogens is 6. The second-order valence-electron chi connectivity index (χ2n) is 7.44. The lowest BCUT2D eigenvalue weighted by atomic mass is 10.1. The maximum absolute atomic E-state index is 13.3. The Labute approximate surface area is 215 Å². The van der Waals surface area contributed by atoms with E-state index < -0.39 is 56.9 Å². The van der Waals surface area contributed by atoms with Gasteiger partial charge in [-0.1, -0.05) is 40.9 Å². The van der Waals surface area contributed by atoms with Crippen LogP contribution in [0.4, 0.5) is 18.9 Å². The van der Waals surface area contributed by atoms with Gasteiger partial charge < -0.3 is 10.2 Å². The van der Waals surface area contributed by atoms with Crippen LogP contribution in [0.2, 0.25) is 15.1 Å². The van der Waals surface area contributed by atoms with Crippen molar-refractivity contribution >= 4 is 62.3 Å². The van der Waals surface area contributed by atoms with Gasteiger partial charge in [-0.05, 0) is 37.3 Å². The molecule has 0 aliphatic heterocycles. The van der Waals surface area contributed by atoms with Crippen LogP contribution in [0, 0.1) is 0 Å². The highest BCUT2D eigenvalue weighted by atomic mass is 35.5. The predicted molar refractivity (Wildman–Crippen MR) is 129 cm³/mol. The van der Waals surface area contributed by atoms with Crippen molar-refractivity contribution in [3.05, 3.63) is 62.6 Å². The lowest BCUT2D eigenvalue weighted by Gasteiger charge is -2.31. The first-order chi connectivity index (χ1) is 16.1. The van der Waals surface area contributed by atoms with Crippen LogP contribution < -0.4 is 9.62 Å². The topological polar surface area (TPSA) is 86.8 Å². The van der Waals surface area contributed by atoms with Crippen LogP contribution in [-0.2, 0) is 32.3 Å². The smallest absolute Gasteiger partial charge is 0.357 e. The van der Waals surface area contributed by atoms with Gasteiger partial charge in [0.25, 0.3) is 0 Å². The number of hydrogen-bond acceptors (Lipinski definition) is 4. The van der Waals surface area contributed by atoms with E-state index in [0.717, 1.165) is 23.3 Å². The van der Waals surface area contributed by atoms with Gasteiger partial charge in [-0.2, -0.15) is 13.2 Å². The van der Waals surface area contributed by atoms with Gasteiger partial charge in [0.15, 0.2) is 0 Å². The number of amides is 2. The van der Waals surface area contributed by atoms with Crippen molar-refractivity contribution in [1.29, 1.82) is 0 Å². The third-order valence-corrected chi connectivity index (χ3v) is 7.20. The Kier molecular flexibility index (Phi) is 9.32. The number of anilines is 1. The number of benzene rings is 2. The number of rotatable bonds is 8. The summed E-state index contributed by atoms with van der Waals surface area (Å²) >= 11 is 18.0. The lowest BCUT2D eigenvalue weighted by molar-refractivity contribution is -0.139. The van der Waals surface area contributed by atoms with Gasteiger partial charge in [-0.3, -0.25) is 13.9 Å². The summed E-state index contributed by atoms with van der Waals surface area (Å²) in [6.07, 6.45) is -4.12. The highest BCUT2D eigenvalue weighted by Gasteiger charge is 2.35. The van der Waals surface area contributed by atoms with Gasteiger partial charge in [0.2, 0.25) is 21.8 Å². The number of carbonyl (C=O) groups is 2. The standard InChI is InChI=1S/C21H21Cl3F3N3O4S/c1-12(20(32)28-2)29(10-14-16(22)5-4-6-17(14)23)19(31)11-30(35(3,33)34)13-7-8-18(24)15(9-13)21(25,26)27/h4-9,12H,10-11H2,1-3H3,(H,28,32). The Balaban J connectivity index is 2.52. The zero-order chi connectivity index (χ0) is 26.7. The van der Waals surface area contributed by atoms with Crippen molar-refractivity contribution in [2.24, 2.45) is 0 Å². The molecule has 1 atom stereocenters. The summed E-state index contributed by atoms with van der Waals surface area (Å²) in [6.45, 7) is 0.232. The van der Waals surface area contributed by atoms with Gasteiger partial charge in [0, 0.05) is 29.2 Å². The molecule has 0 saturated carbocycles. The van der Waals surface area contributed by atoms with E-state index in [1.807, 2.05) is 0 Å². The Hall–Kier alpha value is -2.21. The lowest BCUT2D eigenvalue weighted by Crippen LogP contribution is -2.50. The van der Waals surface area contributed by atoms with Crippen molar-refractivity contribution < 1.29 is 31.2 Å². The highest BCUT2D eigenvalue weighted by Crippen LogP contribution is 2.37. The molecule has 0 bridgehead atoms. The van der Waals surface area contributed by atoms with E-state index in [1.54, 1.807) is 6.07 Å². The summed E-state index contributed by atoms with van der Waals surface area (Å²) in [5, 5.41) is 2.16. The summed E-state index contributed by atoms with van der Waals surface area (Å²) in [7, 11) is -2.89. The Morgan fingerprint density at radius 2 is 1.63 bits per heavy atom. The molecule has 2 amide bonds. The predicted octanol–water partition coefficient (Wildman–Crippen LogP) is 4.59. The SMILES string of the molecule is CNC(=O)C(C)N(Cc1c(Cl)cccc1Cl)C(=O)CN(c1ccc(Cl)c(C(F)(F)F)c1)S(C)(=O)=O. The molecule has 0 aliphatic rings. The molecule has 2 aromatic rings. The molecular formula is C21H21Cl3F3N3O4S. The number of carbonyl (C=O) groups excluding carboxylic acids is 2. The van der Waals surface area contributed by atoms with Crippen LogP contribution in [0.1, 0.15) is 18.1 Å². The molecule has 2 aromatic carbocycles. The summed E-state index contributed by atoms with van der Waals surface area (Å²) in [6, 6.07) is 5.98. The zero-order valence-electron chi connectivity index (χ0n) is 18.7. The molecule has 192 valence electrons. The van der Waals surface area contributed by atoms with Crippen LogP contribution >= 0.6 is 34.8 Å². The molecule has 0 aromatic heterocycles. The third-order valence-electron chi connectivity index (χ3n) is 5.03. The number of likely N-dealkylation sites (N-methyl/N-ethyl adjacent to an activating group) is 1. The van der Waals surface area contributed by atoms with Crippen LogP contribution in [0.5, 0.6) is 0 Å². The minimum absolute atomic E-state index is 0.201. The molecule has 1 N–H and O–H groups in total.